The van der Waals surface area contributed by atoms with E-state index < -0.39 is 0 Å². The van der Waals surface area contributed by atoms with Gasteiger partial charge in [-0.1, -0.05) is 41.9 Å². The monoisotopic (exact) mass is 274 g/mol. The molecule has 0 unspecified atom stereocenters. The molecule has 0 spiro atoms. The molecular weight excluding hydrogens is 260 g/mol. The topological polar surface area (TPSA) is 34.2 Å². The zero-order valence-electron chi connectivity index (χ0n) is 10.6. The van der Waals surface area contributed by atoms with Crippen molar-refractivity contribution in [3.63, 3.8) is 0 Å². The molecule has 98 valence electrons. The SMILES string of the molecule is C/C=C(/Nc1cnccc1Cl)OCc1ccccc1. The number of allylic oxidation sites excluding steroid dienone is 1. The van der Waals surface area contributed by atoms with Crippen LogP contribution in [-0.2, 0) is 11.3 Å². The van der Waals surface area contributed by atoms with Crippen LogP contribution in [0.4, 0.5) is 5.69 Å². The van der Waals surface area contributed by atoms with Gasteiger partial charge < -0.3 is 10.1 Å². The third-order valence-corrected chi connectivity index (χ3v) is 2.85. The minimum absolute atomic E-state index is 0.505. The van der Waals surface area contributed by atoms with Gasteiger partial charge in [0.25, 0.3) is 0 Å². The van der Waals surface area contributed by atoms with Crippen molar-refractivity contribution >= 4 is 17.3 Å². The molecular formula is C15H15ClN2O. The van der Waals surface area contributed by atoms with Gasteiger partial charge in [0.15, 0.2) is 5.88 Å². The molecule has 4 heteroatoms. The summed E-state index contributed by atoms with van der Waals surface area (Å²) in [6.45, 7) is 2.41. The standard InChI is InChI=1S/C15H15ClN2O/c1-2-15(18-14-10-17-9-8-13(14)16)19-11-12-6-4-3-5-7-12/h2-10,18H,11H2,1H3/b15-2-. The van der Waals surface area contributed by atoms with E-state index in [-0.39, 0.29) is 0 Å². The van der Waals surface area contributed by atoms with Gasteiger partial charge in [-0.05, 0) is 24.6 Å². The van der Waals surface area contributed by atoms with Crippen molar-refractivity contribution < 1.29 is 4.74 Å². The highest BCUT2D eigenvalue weighted by atomic mass is 35.5. The summed E-state index contributed by atoms with van der Waals surface area (Å²) in [6, 6.07) is 11.7. The fourth-order valence-corrected chi connectivity index (χ4v) is 1.68. The Kier molecular flexibility index (Phi) is 4.81. The Morgan fingerprint density at radius 2 is 2.11 bits per heavy atom. The van der Waals surface area contributed by atoms with E-state index in [1.807, 2.05) is 43.3 Å². The number of aromatic nitrogens is 1. The number of hydrogen-bond donors (Lipinski definition) is 1. The van der Waals surface area contributed by atoms with Crippen molar-refractivity contribution in [1.29, 1.82) is 0 Å². The number of hydrogen-bond acceptors (Lipinski definition) is 3. The number of anilines is 1. The molecule has 1 N–H and O–H groups in total. The summed E-state index contributed by atoms with van der Waals surface area (Å²) in [4.78, 5) is 4.02. The summed E-state index contributed by atoms with van der Waals surface area (Å²) in [5.74, 6) is 0.652. The highest BCUT2D eigenvalue weighted by molar-refractivity contribution is 6.33. The van der Waals surface area contributed by atoms with Crippen molar-refractivity contribution in [3.8, 4) is 0 Å². The first kappa shape index (κ1) is 13.4. The number of ether oxygens (including phenoxy) is 1. The van der Waals surface area contributed by atoms with Crippen LogP contribution in [-0.4, -0.2) is 4.98 Å². The van der Waals surface area contributed by atoms with E-state index in [9.17, 15) is 0 Å². The summed E-state index contributed by atoms with van der Waals surface area (Å²) in [5, 5.41) is 3.72. The zero-order chi connectivity index (χ0) is 13.5. The Balaban J connectivity index is 1.97. The fourth-order valence-electron chi connectivity index (χ4n) is 1.53. The Hall–Kier alpha value is -2.00. The number of benzene rings is 1. The maximum absolute atomic E-state index is 6.06. The van der Waals surface area contributed by atoms with Crippen LogP contribution in [0, 0.1) is 0 Å². The van der Waals surface area contributed by atoms with E-state index in [0.29, 0.717) is 17.5 Å². The van der Waals surface area contributed by atoms with E-state index in [1.54, 1.807) is 18.5 Å². The van der Waals surface area contributed by atoms with Gasteiger partial charge in [-0.2, -0.15) is 0 Å². The predicted molar refractivity (Wildman–Crippen MR) is 77.9 cm³/mol. The van der Waals surface area contributed by atoms with E-state index >= 15 is 0 Å². The van der Waals surface area contributed by atoms with Crippen LogP contribution in [0.5, 0.6) is 0 Å². The lowest BCUT2D eigenvalue weighted by Gasteiger charge is -2.13. The first-order chi connectivity index (χ1) is 9.29. The fraction of sp³-hybridized carbons (Fsp3) is 0.133. The van der Waals surface area contributed by atoms with Crippen LogP contribution in [0.1, 0.15) is 12.5 Å². The summed E-state index contributed by atoms with van der Waals surface area (Å²) < 4.78 is 5.70. The first-order valence-electron chi connectivity index (χ1n) is 5.99. The number of nitrogens with one attached hydrogen (secondary N) is 1. The number of halogens is 1. The molecule has 0 fully saturated rings. The van der Waals surface area contributed by atoms with Gasteiger partial charge >= 0.3 is 0 Å². The molecule has 0 bridgehead atoms. The van der Waals surface area contributed by atoms with Crippen molar-refractivity contribution in [3.05, 3.63) is 71.3 Å². The molecule has 2 aromatic rings. The van der Waals surface area contributed by atoms with E-state index in [1.165, 1.54) is 0 Å². The number of nitrogens with zero attached hydrogens (tertiary/aromatic N) is 1. The van der Waals surface area contributed by atoms with Gasteiger partial charge in [0.1, 0.15) is 6.61 Å². The third kappa shape index (κ3) is 4.00. The number of rotatable bonds is 5. The molecule has 1 aromatic carbocycles. The molecule has 1 heterocycles. The van der Waals surface area contributed by atoms with Gasteiger partial charge in [0.2, 0.25) is 0 Å². The van der Waals surface area contributed by atoms with Gasteiger partial charge in [-0.15, -0.1) is 0 Å². The lowest BCUT2D eigenvalue weighted by molar-refractivity contribution is 0.203. The quantitative estimate of drug-likeness (QED) is 0.829. The number of pyridine rings is 1. The van der Waals surface area contributed by atoms with Crippen molar-refractivity contribution in [2.75, 3.05) is 5.32 Å². The van der Waals surface area contributed by atoms with Gasteiger partial charge in [-0.25, -0.2) is 0 Å². The molecule has 0 aliphatic carbocycles. The van der Waals surface area contributed by atoms with Crippen LogP contribution in [0.15, 0.2) is 60.8 Å². The van der Waals surface area contributed by atoms with Crippen molar-refractivity contribution in [2.24, 2.45) is 0 Å². The molecule has 0 radical (unpaired) electrons. The van der Waals surface area contributed by atoms with Gasteiger partial charge in [0, 0.05) is 6.20 Å². The lowest BCUT2D eigenvalue weighted by atomic mass is 10.2. The summed E-state index contributed by atoms with van der Waals surface area (Å²) in [6.07, 6.45) is 5.16. The predicted octanol–water partition coefficient (Wildman–Crippen LogP) is 4.23. The molecule has 0 saturated heterocycles. The molecule has 19 heavy (non-hydrogen) atoms. The maximum atomic E-state index is 6.06. The zero-order valence-corrected chi connectivity index (χ0v) is 11.4. The summed E-state index contributed by atoms with van der Waals surface area (Å²) in [7, 11) is 0. The molecule has 0 amide bonds. The summed E-state index contributed by atoms with van der Waals surface area (Å²) in [5.41, 5.74) is 1.84. The second kappa shape index (κ2) is 6.81. The highest BCUT2D eigenvalue weighted by Crippen LogP contribution is 2.21. The van der Waals surface area contributed by atoms with Crippen molar-refractivity contribution in [1.82, 2.24) is 4.98 Å². The molecule has 0 aliphatic rings. The Morgan fingerprint density at radius 1 is 1.32 bits per heavy atom. The molecule has 3 nitrogen and oxygen atoms in total. The Labute approximate surface area is 117 Å². The smallest absolute Gasteiger partial charge is 0.187 e. The minimum atomic E-state index is 0.505. The van der Waals surface area contributed by atoms with Crippen LogP contribution in [0.3, 0.4) is 0 Å². The van der Waals surface area contributed by atoms with E-state index in [0.717, 1.165) is 11.3 Å². The highest BCUT2D eigenvalue weighted by Gasteiger charge is 2.03. The lowest BCUT2D eigenvalue weighted by Crippen LogP contribution is -2.04. The third-order valence-electron chi connectivity index (χ3n) is 2.53. The second-order valence-electron chi connectivity index (χ2n) is 3.91. The molecule has 2 rings (SSSR count). The van der Waals surface area contributed by atoms with Crippen LogP contribution < -0.4 is 5.32 Å². The molecule has 0 aliphatic heterocycles. The average molecular weight is 275 g/mol. The van der Waals surface area contributed by atoms with Gasteiger partial charge in [-0.3, -0.25) is 4.98 Å². The van der Waals surface area contributed by atoms with Crippen LogP contribution >= 0.6 is 11.6 Å². The van der Waals surface area contributed by atoms with E-state index in [4.69, 9.17) is 16.3 Å². The van der Waals surface area contributed by atoms with E-state index in [2.05, 4.69) is 10.3 Å². The first-order valence-corrected chi connectivity index (χ1v) is 6.37. The van der Waals surface area contributed by atoms with Crippen molar-refractivity contribution in [2.45, 2.75) is 13.5 Å². The van der Waals surface area contributed by atoms with Crippen LogP contribution in [0.25, 0.3) is 0 Å². The maximum Gasteiger partial charge on any atom is 0.187 e. The Morgan fingerprint density at radius 3 is 2.79 bits per heavy atom. The largest absolute Gasteiger partial charge is 0.474 e. The Bertz CT molecular complexity index is 555. The average Bonchev–Trinajstić information content (AvgIpc) is 2.46. The molecule has 1 aromatic heterocycles. The summed E-state index contributed by atoms with van der Waals surface area (Å²) >= 11 is 6.06. The molecule has 0 atom stereocenters. The van der Waals surface area contributed by atoms with Gasteiger partial charge in [0.05, 0.1) is 16.9 Å². The second-order valence-corrected chi connectivity index (χ2v) is 4.31. The van der Waals surface area contributed by atoms with Crippen LogP contribution in [0.2, 0.25) is 5.02 Å². The normalized spacial score (nSPS) is 11.2. The minimum Gasteiger partial charge on any atom is -0.474 e. The molecule has 0 saturated carbocycles.